The quantitative estimate of drug-likeness (QED) is 0.850. The summed E-state index contributed by atoms with van der Waals surface area (Å²) in [5.41, 5.74) is 3.52. The molecule has 0 amide bonds. The Morgan fingerprint density at radius 2 is 2.05 bits per heavy atom. The zero-order valence-corrected chi connectivity index (χ0v) is 13.4. The Balaban J connectivity index is 2.27. The van der Waals surface area contributed by atoms with E-state index < -0.39 is 0 Å². The van der Waals surface area contributed by atoms with Crippen LogP contribution in [0.1, 0.15) is 36.8 Å². The van der Waals surface area contributed by atoms with Crippen LogP contribution in [0.4, 0.5) is 0 Å². The van der Waals surface area contributed by atoms with Crippen molar-refractivity contribution >= 4 is 0 Å². The Kier molecular flexibility index (Phi) is 5.39. The molecule has 1 aromatic carbocycles. The second-order valence-corrected chi connectivity index (χ2v) is 5.11. The molecular formula is C17H25N3O. The molecule has 0 fully saturated rings. The molecule has 1 unspecified atom stereocenters. The summed E-state index contributed by atoms with van der Waals surface area (Å²) >= 11 is 0. The van der Waals surface area contributed by atoms with Crippen LogP contribution in [0.25, 0.3) is 0 Å². The van der Waals surface area contributed by atoms with Gasteiger partial charge in [-0.3, -0.25) is 4.68 Å². The van der Waals surface area contributed by atoms with E-state index in [1.54, 1.807) is 0 Å². The predicted octanol–water partition coefficient (Wildman–Crippen LogP) is 3.11. The number of rotatable bonds is 7. The van der Waals surface area contributed by atoms with E-state index in [4.69, 9.17) is 4.74 Å². The number of para-hydroxylation sites is 1. The Morgan fingerprint density at radius 3 is 2.71 bits per heavy atom. The lowest BCUT2D eigenvalue weighted by Crippen LogP contribution is -2.21. The van der Waals surface area contributed by atoms with Gasteiger partial charge in [-0.05, 0) is 40.0 Å². The molecule has 21 heavy (non-hydrogen) atoms. The van der Waals surface area contributed by atoms with Crippen molar-refractivity contribution in [3.63, 3.8) is 0 Å². The Bertz CT molecular complexity index is 577. The molecule has 0 aliphatic carbocycles. The molecule has 0 aliphatic rings. The van der Waals surface area contributed by atoms with Crippen LogP contribution < -0.4 is 10.1 Å². The normalized spacial score (nSPS) is 12.4. The third kappa shape index (κ3) is 3.64. The molecule has 4 nitrogen and oxygen atoms in total. The number of aromatic nitrogens is 2. The molecule has 2 aromatic rings. The SMILES string of the molecule is CCOc1ccccc1C(Cc1cc(C)nn1CC)NC. The average molecular weight is 287 g/mol. The van der Waals surface area contributed by atoms with Gasteiger partial charge in [0.25, 0.3) is 0 Å². The van der Waals surface area contributed by atoms with E-state index in [9.17, 15) is 0 Å². The molecule has 0 radical (unpaired) electrons. The van der Waals surface area contributed by atoms with E-state index in [0.29, 0.717) is 6.61 Å². The van der Waals surface area contributed by atoms with Gasteiger partial charge in [-0.15, -0.1) is 0 Å². The Morgan fingerprint density at radius 1 is 1.29 bits per heavy atom. The van der Waals surface area contributed by atoms with E-state index >= 15 is 0 Å². The van der Waals surface area contributed by atoms with Crippen molar-refractivity contribution in [1.29, 1.82) is 0 Å². The van der Waals surface area contributed by atoms with Crippen LogP contribution in [0, 0.1) is 6.92 Å². The highest BCUT2D eigenvalue weighted by Crippen LogP contribution is 2.27. The fourth-order valence-corrected chi connectivity index (χ4v) is 2.67. The maximum absolute atomic E-state index is 5.76. The summed E-state index contributed by atoms with van der Waals surface area (Å²) in [4.78, 5) is 0. The van der Waals surface area contributed by atoms with Crippen molar-refractivity contribution in [1.82, 2.24) is 15.1 Å². The van der Waals surface area contributed by atoms with E-state index in [2.05, 4.69) is 40.2 Å². The van der Waals surface area contributed by atoms with Crippen molar-refractivity contribution in [3.8, 4) is 5.75 Å². The molecule has 1 aromatic heterocycles. The minimum Gasteiger partial charge on any atom is -0.494 e. The van der Waals surface area contributed by atoms with Crippen LogP contribution in [0.15, 0.2) is 30.3 Å². The average Bonchev–Trinajstić information content (AvgIpc) is 2.86. The van der Waals surface area contributed by atoms with Crippen LogP contribution in [0.3, 0.4) is 0 Å². The smallest absolute Gasteiger partial charge is 0.124 e. The third-order valence-electron chi connectivity index (χ3n) is 3.64. The minimum absolute atomic E-state index is 0.217. The highest BCUT2D eigenvalue weighted by atomic mass is 16.5. The highest BCUT2D eigenvalue weighted by Gasteiger charge is 2.17. The lowest BCUT2D eigenvalue weighted by Gasteiger charge is -2.20. The maximum atomic E-state index is 5.76. The van der Waals surface area contributed by atoms with Gasteiger partial charge >= 0.3 is 0 Å². The minimum atomic E-state index is 0.217. The molecule has 0 spiro atoms. The summed E-state index contributed by atoms with van der Waals surface area (Å²) in [5, 5.41) is 7.93. The first kappa shape index (κ1) is 15.6. The molecule has 0 saturated heterocycles. The number of aryl methyl sites for hydroxylation is 2. The monoisotopic (exact) mass is 287 g/mol. The van der Waals surface area contributed by atoms with Gasteiger partial charge in [0, 0.05) is 30.3 Å². The summed E-state index contributed by atoms with van der Waals surface area (Å²) in [6.07, 6.45) is 0.898. The summed E-state index contributed by atoms with van der Waals surface area (Å²) in [5.74, 6) is 0.957. The highest BCUT2D eigenvalue weighted by molar-refractivity contribution is 5.36. The summed E-state index contributed by atoms with van der Waals surface area (Å²) in [6.45, 7) is 7.75. The molecule has 0 saturated carbocycles. The number of ether oxygens (including phenoxy) is 1. The number of nitrogens with zero attached hydrogens (tertiary/aromatic N) is 2. The zero-order valence-electron chi connectivity index (χ0n) is 13.4. The number of hydrogen-bond donors (Lipinski definition) is 1. The van der Waals surface area contributed by atoms with Crippen molar-refractivity contribution in [2.45, 2.75) is 39.8 Å². The molecular weight excluding hydrogens is 262 g/mol. The van der Waals surface area contributed by atoms with Gasteiger partial charge in [-0.1, -0.05) is 18.2 Å². The topological polar surface area (TPSA) is 39.1 Å². The number of likely N-dealkylation sites (N-methyl/N-ethyl adjacent to an activating group) is 1. The molecule has 2 rings (SSSR count). The first-order chi connectivity index (χ1) is 10.2. The zero-order chi connectivity index (χ0) is 15.2. The fourth-order valence-electron chi connectivity index (χ4n) is 2.67. The van der Waals surface area contributed by atoms with Crippen molar-refractivity contribution in [2.75, 3.05) is 13.7 Å². The van der Waals surface area contributed by atoms with Gasteiger partial charge in [-0.25, -0.2) is 0 Å². The van der Waals surface area contributed by atoms with Crippen molar-refractivity contribution < 1.29 is 4.74 Å². The summed E-state index contributed by atoms with van der Waals surface area (Å²) < 4.78 is 7.83. The van der Waals surface area contributed by atoms with Gasteiger partial charge in [0.2, 0.25) is 0 Å². The summed E-state index contributed by atoms with van der Waals surface area (Å²) in [7, 11) is 1.99. The second-order valence-electron chi connectivity index (χ2n) is 5.11. The van der Waals surface area contributed by atoms with Gasteiger partial charge in [0.1, 0.15) is 5.75 Å². The van der Waals surface area contributed by atoms with Crippen molar-refractivity contribution in [3.05, 3.63) is 47.3 Å². The standard InChI is InChI=1S/C17H25N3O/c1-5-20-14(11-13(3)19-20)12-16(18-4)15-9-7-8-10-17(15)21-6-2/h7-11,16,18H,5-6,12H2,1-4H3. The predicted molar refractivity (Wildman–Crippen MR) is 85.8 cm³/mol. The fraction of sp³-hybridized carbons (Fsp3) is 0.471. The number of benzene rings is 1. The lowest BCUT2D eigenvalue weighted by molar-refractivity contribution is 0.331. The van der Waals surface area contributed by atoms with Crippen molar-refractivity contribution in [2.24, 2.45) is 0 Å². The van der Waals surface area contributed by atoms with E-state index in [1.807, 2.05) is 33.0 Å². The molecule has 1 N–H and O–H groups in total. The maximum Gasteiger partial charge on any atom is 0.124 e. The first-order valence-corrected chi connectivity index (χ1v) is 7.61. The van der Waals surface area contributed by atoms with Gasteiger partial charge in [0.15, 0.2) is 0 Å². The lowest BCUT2D eigenvalue weighted by atomic mass is 10.0. The molecule has 0 bridgehead atoms. The third-order valence-corrected chi connectivity index (χ3v) is 3.64. The van der Waals surface area contributed by atoms with E-state index in [-0.39, 0.29) is 6.04 Å². The Hall–Kier alpha value is -1.81. The van der Waals surface area contributed by atoms with Gasteiger partial charge < -0.3 is 10.1 Å². The van der Waals surface area contributed by atoms with Crippen LogP contribution in [-0.2, 0) is 13.0 Å². The molecule has 1 heterocycles. The largest absolute Gasteiger partial charge is 0.494 e. The van der Waals surface area contributed by atoms with Crippen LogP contribution in [0.2, 0.25) is 0 Å². The number of nitrogens with one attached hydrogen (secondary N) is 1. The molecule has 4 heteroatoms. The van der Waals surface area contributed by atoms with Gasteiger partial charge in [0.05, 0.1) is 12.3 Å². The van der Waals surface area contributed by atoms with Crippen LogP contribution >= 0.6 is 0 Å². The van der Waals surface area contributed by atoms with Crippen LogP contribution in [0.5, 0.6) is 5.75 Å². The molecule has 0 aliphatic heterocycles. The Labute approximate surface area is 127 Å². The van der Waals surface area contributed by atoms with Gasteiger partial charge in [-0.2, -0.15) is 5.10 Å². The van der Waals surface area contributed by atoms with Crippen LogP contribution in [-0.4, -0.2) is 23.4 Å². The summed E-state index contributed by atoms with van der Waals surface area (Å²) in [6, 6.07) is 10.6. The first-order valence-electron chi connectivity index (χ1n) is 7.61. The van der Waals surface area contributed by atoms with E-state index in [0.717, 1.165) is 24.4 Å². The molecule has 114 valence electrons. The number of hydrogen-bond acceptors (Lipinski definition) is 3. The van der Waals surface area contributed by atoms with E-state index in [1.165, 1.54) is 11.3 Å². The molecule has 1 atom stereocenters. The second kappa shape index (κ2) is 7.27.